The fraction of sp³-hybridized carbons (Fsp3) is 0.125. The summed E-state index contributed by atoms with van der Waals surface area (Å²) in [4.78, 5) is 33.3. The van der Waals surface area contributed by atoms with E-state index in [4.69, 9.17) is 4.74 Å². The van der Waals surface area contributed by atoms with Crippen molar-refractivity contribution in [2.24, 2.45) is 0 Å². The molecule has 0 saturated heterocycles. The van der Waals surface area contributed by atoms with Crippen LogP contribution < -0.4 is 0 Å². The summed E-state index contributed by atoms with van der Waals surface area (Å²) < 4.78 is 5.65. The number of aromatic nitrogens is 2. The number of H-pyrrole nitrogens is 1. The van der Waals surface area contributed by atoms with Crippen LogP contribution in [0.2, 0.25) is 0 Å². The Morgan fingerprint density at radius 1 is 1.00 bits per heavy atom. The monoisotopic (exact) mass is 384 g/mol. The molecule has 0 amide bonds. The number of pyridine rings is 1. The van der Waals surface area contributed by atoms with Crippen LogP contribution in [0.15, 0.2) is 79.1 Å². The SMILES string of the molecule is CCc1cccc2c(C(=O)[C@H](OC(=O)c3ccccn3)c3ccccc3)c[nH]c12. The quantitative estimate of drug-likeness (QED) is 0.379. The highest BCUT2D eigenvalue weighted by molar-refractivity contribution is 6.11. The van der Waals surface area contributed by atoms with Crippen LogP contribution in [-0.2, 0) is 11.2 Å². The van der Waals surface area contributed by atoms with E-state index in [-0.39, 0.29) is 11.5 Å². The second kappa shape index (κ2) is 8.10. The Bertz CT molecular complexity index is 1150. The van der Waals surface area contributed by atoms with E-state index in [1.165, 1.54) is 6.20 Å². The normalized spacial score (nSPS) is 11.9. The molecule has 144 valence electrons. The number of benzene rings is 2. The Labute approximate surface area is 168 Å². The maximum Gasteiger partial charge on any atom is 0.357 e. The predicted octanol–water partition coefficient (Wildman–Crippen LogP) is 4.91. The van der Waals surface area contributed by atoms with Crippen molar-refractivity contribution in [1.82, 2.24) is 9.97 Å². The topological polar surface area (TPSA) is 72.1 Å². The summed E-state index contributed by atoms with van der Waals surface area (Å²) in [5, 5.41) is 0.823. The molecule has 1 atom stereocenters. The van der Waals surface area contributed by atoms with Crippen LogP contribution in [0.25, 0.3) is 10.9 Å². The lowest BCUT2D eigenvalue weighted by molar-refractivity contribution is 0.0275. The van der Waals surface area contributed by atoms with Crippen LogP contribution in [0.5, 0.6) is 0 Å². The molecule has 2 heterocycles. The molecular weight excluding hydrogens is 364 g/mol. The zero-order chi connectivity index (χ0) is 20.2. The molecule has 0 aliphatic rings. The van der Waals surface area contributed by atoms with Gasteiger partial charge in [-0.25, -0.2) is 9.78 Å². The molecule has 2 aromatic heterocycles. The molecule has 0 aliphatic carbocycles. The number of para-hydroxylation sites is 1. The van der Waals surface area contributed by atoms with Gasteiger partial charge in [0.1, 0.15) is 5.69 Å². The number of ether oxygens (including phenoxy) is 1. The van der Waals surface area contributed by atoms with E-state index in [9.17, 15) is 9.59 Å². The molecule has 29 heavy (non-hydrogen) atoms. The van der Waals surface area contributed by atoms with Crippen LogP contribution in [0.1, 0.15) is 45.0 Å². The van der Waals surface area contributed by atoms with Gasteiger partial charge in [0, 0.05) is 34.4 Å². The first-order chi connectivity index (χ1) is 14.2. The predicted molar refractivity (Wildman–Crippen MR) is 111 cm³/mol. The molecule has 1 N–H and O–H groups in total. The van der Waals surface area contributed by atoms with Gasteiger partial charge in [0.15, 0.2) is 6.10 Å². The number of esters is 1. The number of hydrogen-bond acceptors (Lipinski definition) is 4. The van der Waals surface area contributed by atoms with Crippen molar-refractivity contribution in [1.29, 1.82) is 0 Å². The van der Waals surface area contributed by atoms with Crippen molar-refractivity contribution in [2.45, 2.75) is 19.4 Å². The molecule has 0 unspecified atom stereocenters. The smallest absolute Gasteiger partial charge is 0.357 e. The van der Waals surface area contributed by atoms with Gasteiger partial charge >= 0.3 is 5.97 Å². The molecule has 2 aromatic carbocycles. The minimum Gasteiger partial charge on any atom is -0.444 e. The number of hydrogen-bond donors (Lipinski definition) is 1. The van der Waals surface area contributed by atoms with Crippen molar-refractivity contribution in [3.8, 4) is 0 Å². The lowest BCUT2D eigenvalue weighted by atomic mass is 9.98. The lowest BCUT2D eigenvalue weighted by Gasteiger charge is -2.17. The Hall–Kier alpha value is -3.73. The fourth-order valence-electron chi connectivity index (χ4n) is 3.41. The first kappa shape index (κ1) is 18.6. The summed E-state index contributed by atoms with van der Waals surface area (Å²) in [6.45, 7) is 2.07. The van der Waals surface area contributed by atoms with Gasteiger partial charge in [-0.2, -0.15) is 0 Å². The van der Waals surface area contributed by atoms with Crippen molar-refractivity contribution < 1.29 is 14.3 Å². The number of nitrogens with one attached hydrogen (secondary N) is 1. The second-order valence-electron chi connectivity index (χ2n) is 6.67. The van der Waals surface area contributed by atoms with E-state index in [0.29, 0.717) is 11.1 Å². The number of rotatable bonds is 6. The molecule has 0 saturated carbocycles. The largest absolute Gasteiger partial charge is 0.444 e. The molecule has 5 nitrogen and oxygen atoms in total. The van der Waals surface area contributed by atoms with Crippen molar-refractivity contribution >= 4 is 22.7 Å². The summed E-state index contributed by atoms with van der Waals surface area (Å²) in [6.07, 6.45) is 3.00. The molecule has 0 spiro atoms. The Morgan fingerprint density at radius 2 is 1.79 bits per heavy atom. The van der Waals surface area contributed by atoms with Gasteiger partial charge < -0.3 is 9.72 Å². The molecule has 0 aliphatic heterocycles. The van der Waals surface area contributed by atoms with Crippen LogP contribution in [0.3, 0.4) is 0 Å². The molecule has 4 aromatic rings. The fourth-order valence-corrected chi connectivity index (χ4v) is 3.41. The molecule has 0 radical (unpaired) electrons. The highest BCUT2D eigenvalue weighted by Crippen LogP contribution is 2.29. The Morgan fingerprint density at radius 3 is 2.52 bits per heavy atom. The molecule has 5 heteroatoms. The highest BCUT2D eigenvalue weighted by atomic mass is 16.5. The molecular formula is C24H20N2O3. The van der Waals surface area contributed by atoms with Gasteiger partial charge in [0.05, 0.1) is 0 Å². The molecule has 0 bridgehead atoms. The third kappa shape index (κ3) is 3.67. The summed E-state index contributed by atoms with van der Waals surface area (Å²) in [6, 6.07) is 19.9. The highest BCUT2D eigenvalue weighted by Gasteiger charge is 2.29. The third-order valence-corrected chi connectivity index (χ3v) is 4.89. The van der Waals surface area contributed by atoms with Gasteiger partial charge in [-0.05, 0) is 24.1 Å². The minimum absolute atomic E-state index is 0.161. The number of nitrogens with zero attached hydrogens (tertiary/aromatic N) is 1. The Balaban J connectivity index is 1.74. The number of carbonyl (C=O) groups excluding carboxylic acids is 2. The van der Waals surface area contributed by atoms with E-state index in [2.05, 4.69) is 16.9 Å². The number of aromatic amines is 1. The van der Waals surface area contributed by atoms with Crippen molar-refractivity contribution in [3.63, 3.8) is 0 Å². The zero-order valence-corrected chi connectivity index (χ0v) is 16.0. The number of carbonyl (C=O) groups is 2. The van der Waals surface area contributed by atoms with Gasteiger partial charge in [-0.3, -0.25) is 4.79 Å². The minimum atomic E-state index is -1.06. The zero-order valence-electron chi connectivity index (χ0n) is 16.0. The molecule has 4 rings (SSSR count). The average molecular weight is 384 g/mol. The van der Waals surface area contributed by atoms with E-state index in [1.807, 2.05) is 36.4 Å². The van der Waals surface area contributed by atoms with Crippen molar-refractivity contribution in [2.75, 3.05) is 0 Å². The summed E-state index contributed by atoms with van der Waals surface area (Å²) in [5.74, 6) is -0.915. The van der Waals surface area contributed by atoms with Gasteiger partial charge in [0.25, 0.3) is 0 Å². The first-order valence-electron chi connectivity index (χ1n) is 9.49. The van der Waals surface area contributed by atoms with Crippen LogP contribution in [-0.4, -0.2) is 21.7 Å². The number of Topliss-reactive ketones (excluding diaryl/α,β-unsaturated/α-hetero) is 1. The maximum absolute atomic E-state index is 13.5. The van der Waals surface area contributed by atoms with E-state index in [1.54, 1.807) is 36.5 Å². The number of fused-ring (bicyclic) bond motifs is 1. The van der Waals surface area contributed by atoms with E-state index < -0.39 is 12.1 Å². The van der Waals surface area contributed by atoms with Gasteiger partial charge in [-0.1, -0.05) is 61.5 Å². The second-order valence-corrected chi connectivity index (χ2v) is 6.67. The first-order valence-corrected chi connectivity index (χ1v) is 9.49. The van der Waals surface area contributed by atoms with Crippen LogP contribution in [0.4, 0.5) is 0 Å². The summed E-state index contributed by atoms with van der Waals surface area (Å²) in [5.41, 5.74) is 3.33. The Kier molecular flexibility index (Phi) is 5.20. The van der Waals surface area contributed by atoms with E-state index >= 15 is 0 Å². The molecule has 0 fully saturated rings. The number of ketones is 1. The van der Waals surface area contributed by atoms with Gasteiger partial charge in [0.2, 0.25) is 5.78 Å². The van der Waals surface area contributed by atoms with Crippen LogP contribution in [0, 0.1) is 0 Å². The van der Waals surface area contributed by atoms with Gasteiger partial charge in [-0.15, -0.1) is 0 Å². The number of aryl methyl sites for hydroxylation is 1. The van der Waals surface area contributed by atoms with Crippen LogP contribution >= 0.6 is 0 Å². The summed E-state index contributed by atoms with van der Waals surface area (Å²) >= 11 is 0. The third-order valence-electron chi connectivity index (χ3n) is 4.89. The van der Waals surface area contributed by atoms with E-state index in [0.717, 1.165) is 22.9 Å². The maximum atomic E-state index is 13.5. The van der Waals surface area contributed by atoms with Crippen molar-refractivity contribution in [3.05, 3.63) is 102 Å². The lowest BCUT2D eigenvalue weighted by Crippen LogP contribution is -2.20. The standard InChI is InChI=1S/C24H20N2O3/c1-2-16-11-8-12-18-19(15-26-21(16)18)22(27)23(17-9-4-3-5-10-17)29-24(28)20-13-6-7-14-25-20/h3-15,23,26H,2H2,1H3/t23-/m1/s1. The average Bonchev–Trinajstić information content (AvgIpc) is 3.22. The summed E-state index contributed by atoms with van der Waals surface area (Å²) in [7, 11) is 0.